The number of hydrogen-bond acceptors (Lipinski definition) is 5. The molecule has 0 N–H and O–H groups in total. The molecular weight excluding hydrogens is 450 g/mol. The highest BCUT2D eigenvalue weighted by atomic mass is 79.9. The second-order valence-electron chi connectivity index (χ2n) is 7.48. The zero-order valence-corrected chi connectivity index (χ0v) is 18.5. The van der Waals surface area contributed by atoms with E-state index in [0.717, 1.165) is 72.6 Å². The van der Waals surface area contributed by atoms with E-state index in [4.69, 9.17) is 0 Å². The predicted octanol–water partition coefficient (Wildman–Crippen LogP) is 4.46. The zero-order valence-electron chi connectivity index (χ0n) is 16.1. The van der Waals surface area contributed by atoms with Gasteiger partial charge in [0.2, 0.25) is 0 Å². The summed E-state index contributed by atoms with van der Waals surface area (Å²) in [6, 6.07) is 8.56. The minimum absolute atomic E-state index is 0.195. The average molecular weight is 472 g/mol. The van der Waals surface area contributed by atoms with Gasteiger partial charge in [-0.1, -0.05) is 28.1 Å². The van der Waals surface area contributed by atoms with Crippen molar-refractivity contribution >= 4 is 49.3 Å². The Labute approximate surface area is 182 Å². The zero-order chi connectivity index (χ0) is 19.8. The number of carbonyl (C=O) groups is 1. The van der Waals surface area contributed by atoms with Crippen molar-refractivity contribution in [2.24, 2.45) is 0 Å². The fourth-order valence-electron chi connectivity index (χ4n) is 4.16. The molecule has 2 saturated heterocycles. The molecule has 8 heteroatoms. The first-order valence-corrected chi connectivity index (χ1v) is 11.6. The van der Waals surface area contributed by atoms with E-state index in [2.05, 4.69) is 60.4 Å². The van der Waals surface area contributed by atoms with Crippen LogP contribution in [0.3, 0.4) is 0 Å². The standard InChI is InChI=1S/C21H22BrN5OS/c22-16-5-3-15(4-6-16)17-13-29-20-18(17)19(23-14-24-20)25-9-11-27(12-10-25)21(28)26-7-1-2-8-26/h3-6,13-14H,1-2,7-12H2. The molecule has 2 aliphatic rings. The highest BCUT2D eigenvalue weighted by molar-refractivity contribution is 9.10. The Morgan fingerprint density at radius 1 is 0.931 bits per heavy atom. The molecule has 0 radical (unpaired) electrons. The summed E-state index contributed by atoms with van der Waals surface area (Å²) in [5.41, 5.74) is 2.34. The van der Waals surface area contributed by atoms with Crippen LogP contribution in [0.25, 0.3) is 21.3 Å². The average Bonchev–Trinajstić information content (AvgIpc) is 3.44. The summed E-state index contributed by atoms with van der Waals surface area (Å²) in [6.45, 7) is 4.86. The number of likely N-dealkylation sites (tertiary alicyclic amines) is 1. The van der Waals surface area contributed by atoms with Gasteiger partial charge in [0, 0.05) is 54.7 Å². The number of fused-ring (bicyclic) bond motifs is 1. The number of thiophene rings is 1. The van der Waals surface area contributed by atoms with E-state index in [0.29, 0.717) is 0 Å². The highest BCUT2D eigenvalue weighted by Gasteiger charge is 2.28. The fourth-order valence-corrected chi connectivity index (χ4v) is 5.33. The molecular formula is C21H22BrN5OS. The minimum atomic E-state index is 0.195. The van der Waals surface area contributed by atoms with Gasteiger partial charge in [-0.15, -0.1) is 11.3 Å². The van der Waals surface area contributed by atoms with Crippen molar-refractivity contribution < 1.29 is 4.79 Å². The molecule has 2 aromatic heterocycles. The van der Waals surface area contributed by atoms with Crippen molar-refractivity contribution in [2.75, 3.05) is 44.2 Å². The van der Waals surface area contributed by atoms with E-state index in [1.165, 1.54) is 11.1 Å². The van der Waals surface area contributed by atoms with Gasteiger partial charge < -0.3 is 14.7 Å². The van der Waals surface area contributed by atoms with Crippen molar-refractivity contribution in [1.29, 1.82) is 0 Å². The number of rotatable bonds is 2. The summed E-state index contributed by atoms with van der Waals surface area (Å²) in [4.78, 5) is 29.1. The number of amides is 2. The smallest absolute Gasteiger partial charge is 0.320 e. The molecule has 2 aliphatic heterocycles. The Morgan fingerprint density at radius 3 is 2.34 bits per heavy atom. The Hall–Kier alpha value is -2.19. The van der Waals surface area contributed by atoms with Crippen molar-refractivity contribution in [2.45, 2.75) is 12.8 Å². The van der Waals surface area contributed by atoms with E-state index in [-0.39, 0.29) is 6.03 Å². The Kier molecular flexibility index (Phi) is 5.13. The molecule has 2 fully saturated rings. The molecule has 2 amide bonds. The number of hydrogen-bond donors (Lipinski definition) is 0. The van der Waals surface area contributed by atoms with Crippen LogP contribution < -0.4 is 4.90 Å². The van der Waals surface area contributed by atoms with Gasteiger partial charge in [-0.3, -0.25) is 0 Å². The first-order valence-electron chi connectivity index (χ1n) is 9.97. The monoisotopic (exact) mass is 471 g/mol. The van der Waals surface area contributed by atoms with E-state index < -0.39 is 0 Å². The third kappa shape index (κ3) is 3.59. The molecule has 0 spiro atoms. The molecule has 29 heavy (non-hydrogen) atoms. The SMILES string of the molecule is O=C(N1CCCC1)N1CCN(c2ncnc3scc(-c4ccc(Br)cc4)c23)CC1. The molecule has 0 atom stereocenters. The van der Waals surface area contributed by atoms with Gasteiger partial charge in [-0.2, -0.15) is 0 Å². The van der Waals surface area contributed by atoms with Crippen molar-refractivity contribution in [3.8, 4) is 11.1 Å². The normalized spacial score (nSPS) is 17.3. The van der Waals surface area contributed by atoms with Gasteiger partial charge in [0.1, 0.15) is 17.0 Å². The second-order valence-corrected chi connectivity index (χ2v) is 9.26. The molecule has 6 nitrogen and oxygen atoms in total. The molecule has 5 rings (SSSR count). The van der Waals surface area contributed by atoms with E-state index >= 15 is 0 Å². The van der Waals surface area contributed by atoms with Gasteiger partial charge in [0.05, 0.1) is 5.39 Å². The lowest BCUT2D eigenvalue weighted by molar-refractivity contribution is 0.159. The number of halogens is 1. The maximum absolute atomic E-state index is 12.7. The molecule has 0 saturated carbocycles. The van der Waals surface area contributed by atoms with Crippen LogP contribution >= 0.6 is 27.3 Å². The molecule has 150 valence electrons. The van der Waals surface area contributed by atoms with Crippen molar-refractivity contribution in [3.05, 3.63) is 40.4 Å². The van der Waals surface area contributed by atoms with Gasteiger partial charge in [-0.05, 0) is 30.5 Å². The van der Waals surface area contributed by atoms with Gasteiger partial charge in [0.15, 0.2) is 0 Å². The topological polar surface area (TPSA) is 52.6 Å². The van der Waals surface area contributed by atoms with Crippen LogP contribution in [-0.4, -0.2) is 65.1 Å². The van der Waals surface area contributed by atoms with Crippen molar-refractivity contribution in [3.63, 3.8) is 0 Å². The molecule has 0 bridgehead atoms. The maximum atomic E-state index is 12.7. The first kappa shape index (κ1) is 18.8. The number of aromatic nitrogens is 2. The third-order valence-electron chi connectivity index (χ3n) is 5.73. The Bertz CT molecular complexity index is 1020. The Balaban J connectivity index is 1.40. The highest BCUT2D eigenvalue weighted by Crippen LogP contribution is 2.38. The van der Waals surface area contributed by atoms with Gasteiger partial charge in [0.25, 0.3) is 0 Å². The number of carbonyl (C=O) groups excluding carboxylic acids is 1. The number of nitrogens with zero attached hydrogens (tertiary/aromatic N) is 5. The minimum Gasteiger partial charge on any atom is -0.352 e. The van der Waals surface area contributed by atoms with Gasteiger partial charge >= 0.3 is 6.03 Å². The van der Waals surface area contributed by atoms with E-state index in [1.807, 2.05) is 9.80 Å². The van der Waals surface area contributed by atoms with Crippen LogP contribution in [0.2, 0.25) is 0 Å². The number of piperazine rings is 1. The number of anilines is 1. The number of urea groups is 1. The molecule has 0 unspecified atom stereocenters. The molecule has 4 heterocycles. The largest absolute Gasteiger partial charge is 0.352 e. The quantitative estimate of drug-likeness (QED) is 0.553. The summed E-state index contributed by atoms with van der Waals surface area (Å²) in [5.74, 6) is 0.974. The molecule has 1 aromatic carbocycles. The first-order chi connectivity index (χ1) is 14.2. The maximum Gasteiger partial charge on any atom is 0.320 e. The lowest BCUT2D eigenvalue weighted by atomic mass is 10.1. The summed E-state index contributed by atoms with van der Waals surface area (Å²) in [7, 11) is 0. The van der Waals surface area contributed by atoms with Crippen LogP contribution in [0.5, 0.6) is 0 Å². The van der Waals surface area contributed by atoms with E-state index in [1.54, 1.807) is 17.7 Å². The van der Waals surface area contributed by atoms with Crippen LogP contribution in [0.1, 0.15) is 12.8 Å². The Morgan fingerprint density at radius 2 is 1.62 bits per heavy atom. The van der Waals surface area contributed by atoms with Crippen LogP contribution in [-0.2, 0) is 0 Å². The van der Waals surface area contributed by atoms with Crippen LogP contribution in [0.4, 0.5) is 10.6 Å². The lowest BCUT2D eigenvalue weighted by Crippen LogP contribution is -2.52. The lowest BCUT2D eigenvalue weighted by Gasteiger charge is -2.37. The van der Waals surface area contributed by atoms with E-state index in [9.17, 15) is 4.79 Å². The summed E-state index contributed by atoms with van der Waals surface area (Å²) in [6.07, 6.45) is 3.91. The number of benzene rings is 1. The third-order valence-corrected chi connectivity index (χ3v) is 7.15. The summed E-state index contributed by atoms with van der Waals surface area (Å²) >= 11 is 5.16. The summed E-state index contributed by atoms with van der Waals surface area (Å²) < 4.78 is 1.07. The summed E-state index contributed by atoms with van der Waals surface area (Å²) in [5, 5.41) is 3.28. The molecule has 0 aliphatic carbocycles. The fraction of sp³-hybridized carbons (Fsp3) is 0.381. The van der Waals surface area contributed by atoms with Crippen LogP contribution in [0.15, 0.2) is 40.4 Å². The predicted molar refractivity (Wildman–Crippen MR) is 121 cm³/mol. The second kappa shape index (κ2) is 7.91. The van der Waals surface area contributed by atoms with Crippen molar-refractivity contribution in [1.82, 2.24) is 19.8 Å². The van der Waals surface area contributed by atoms with Gasteiger partial charge in [-0.25, -0.2) is 14.8 Å². The molecule has 3 aromatic rings. The van der Waals surface area contributed by atoms with Crippen LogP contribution in [0, 0.1) is 0 Å².